The molecule has 3 aromatic rings. The third kappa shape index (κ3) is 3.00. The number of hydrogen-bond donors (Lipinski definition) is 0. The summed E-state index contributed by atoms with van der Waals surface area (Å²) >= 11 is 19.1. The highest BCUT2D eigenvalue weighted by Gasteiger charge is 2.13. The maximum atomic E-state index is 6.23. The average molecular weight is 449 g/mol. The van der Waals surface area contributed by atoms with Gasteiger partial charge in [0.25, 0.3) is 0 Å². The minimum atomic E-state index is 0.523. The van der Waals surface area contributed by atoms with Gasteiger partial charge in [0, 0.05) is 26.9 Å². The zero-order valence-electron chi connectivity index (χ0n) is 10.8. The van der Waals surface area contributed by atoms with Crippen LogP contribution in [0.4, 0.5) is 0 Å². The lowest BCUT2D eigenvalue weighted by molar-refractivity contribution is 0.912. The van der Waals surface area contributed by atoms with Gasteiger partial charge < -0.3 is 0 Å². The van der Waals surface area contributed by atoms with E-state index >= 15 is 0 Å². The molecule has 0 saturated heterocycles. The topological polar surface area (TPSA) is 17.8 Å². The van der Waals surface area contributed by atoms with Crippen molar-refractivity contribution in [1.29, 1.82) is 0 Å². The Morgan fingerprint density at radius 2 is 1.90 bits per heavy atom. The molecule has 108 valence electrons. The first kappa shape index (κ1) is 15.3. The molecule has 0 N–H and O–H groups in total. The number of hydrogen-bond acceptors (Lipinski definition) is 1. The number of nitrogens with zero attached hydrogens (tertiary/aromatic N) is 2. The van der Waals surface area contributed by atoms with Crippen LogP contribution in [-0.4, -0.2) is 15.4 Å². The van der Waals surface area contributed by atoms with E-state index in [2.05, 4.69) is 47.5 Å². The van der Waals surface area contributed by atoms with Crippen molar-refractivity contribution in [3.05, 3.63) is 56.2 Å². The van der Waals surface area contributed by atoms with Crippen molar-refractivity contribution >= 4 is 66.1 Å². The zero-order valence-corrected chi connectivity index (χ0v) is 15.5. The van der Waals surface area contributed by atoms with Crippen molar-refractivity contribution in [3.63, 3.8) is 0 Å². The molecule has 0 aliphatic rings. The van der Waals surface area contributed by atoms with E-state index in [1.807, 2.05) is 30.3 Å². The molecule has 0 fully saturated rings. The molecular formula is C15H10Br2Cl2N2. The van der Waals surface area contributed by atoms with Gasteiger partial charge in [0.1, 0.15) is 5.82 Å². The summed E-state index contributed by atoms with van der Waals surface area (Å²) in [5.41, 5.74) is 2.95. The van der Waals surface area contributed by atoms with Crippen LogP contribution in [0.15, 0.2) is 45.3 Å². The zero-order chi connectivity index (χ0) is 15.0. The normalized spacial score (nSPS) is 11.2. The highest BCUT2D eigenvalue weighted by atomic mass is 79.9. The first-order chi connectivity index (χ1) is 10.1. The van der Waals surface area contributed by atoms with Crippen LogP contribution in [0.25, 0.3) is 16.7 Å². The fourth-order valence-electron chi connectivity index (χ4n) is 2.26. The van der Waals surface area contributed by atoms with Crippen LogP contribution in [0.2, 0.25) is 5.02 Å². The Labute approximate surface area is 149 Å². The average Bonchev–Trinajstić information content (AvgIpc) is 2.80. The Kier molecular flexibility index (Phi) is 4.60. The molecular weight excluding hydrogens is 439 g/mol. The van der Waals surface area contributed by atoms with Gasteiger partial charge in [0.2, 0.25) is 0 Å². The molecule has 0 aliphatic heterocycles. The van der Waals surface area contributed by atoms with Crippen molar-refractivity contribution in [2.45, 2.75) is 6.42 Å². The quantitative estimate of drug-likeness (QED) is 0.450. The molecule has 21 heavy (non-hydrogen) atoms. The monoisotopic (exact) mass is 446 g/mol. The smallest absolute Gasteiger partial charge is 0.115 e. The van der Waals surface area contributed by atoms with Crippen LogP contribution in [0.5, 0.6) is 0 Å². The second-order valence-electron chi connectivity index (χ2n) is 4.53. The lowest BCUT2D eigenvalue weighted by Gasteiger charge is -2.10. The Morgan fingerprint density at radius 3 is 2.62 bits per heavy atom. The van der Waals surface area contributed by atoms with Gasteiger partial charge >= 0.3 is 0 Å². The van der Waals surface area contributed by atoms with Crippen LogP contribution in [0.3, 0.4) is 0 Å². The van der Waals surface area contributed by atoms with Gasteiger partial charge in [0.15, 0.2) is 0 Å². The molecule has 3 rings (SSSR count). The number of fused-ring (bicyclic) bond motifs is 1. The molecule has 2 nitrogen and oxygen atoms in total. The van der Waals surface area contributed by atoms with Gasteiger partial charge in [-0.2, -0.15) is 0 Å². The van der Waals surface area contributed by atoms with Gasteiger partial charge in [-0.3, -0.25) is 4.57 Å². The molecule has 0 aliphatic carbocycles. The summed E-state index contributed by atoms with van der Waals surface area (Å²) in [6.07, 6.45) is 0.696. The van der Waals surface area contributed by atoms with Crippen molar-refractivity contribution in [2.75, 3.05) is 5.88 Å². The number of alkyl halides is 1. The molecule has 0 spiro atoms. The van der Waals surface area contributed by atoms with E-state index in [0.29, 0.717) is 17.3 Å². The maximum absolute atomic E-state index is 6.23. The van der Waals surface area contributed by atoms with Crippen LogP contribution >= 0.6 is 55.1 Å². The van der Waals surface area contributed by atoms with Crippen LogP contribution in [-0.2, 0) is 6.42 Å². The highest BCUT2D eigenvalue weighted by Crippen LogP contribution is 2.29. The number of aromatic nitrogens is 2. The molecule has 1 heterocycles. The first-order valence-corrected chi connectivity index (χ1v) is 8.78. The fraction of sp³-hybridized carbons (Fsp3) is 0.133. The highest BCUT2D eigenvalue weighted by molar-refractivity contribution is 9.10. The lowest BCUT2D eigenvalue weighted by Crippen LogP contribution is -2.02. The van der Waals surface area contributed by atoms with Crippen molar-refractivity contribution in [2.24, 2.45) is 0 Å². The molecule has 2 aromatic carbocycles. The Balaban J connectivity index is 2.29. The predicted octanol–water partition coefficient (Wildman–Crippen LogP) is 5.99. The molecule has 1 aromatic heterocycles. The van der Waals surface area contributed by atoms with Crippen molar-refractivity contribution in [3.8, 4) is 5.69 Å². The minimum absolute atomic E-state index is 0.523. The van der Waals surface area contributed by atoms with E-state index in [1.165, 1.54) is 0 Å². The Bertz CT molecular complexity index is 815. The third-order valence-corrected chi connectivity index (χ3v) is 5.08. The summed E-state index contributed by atoms with van der Waals surface area (Å²) in [5.74, 6) is 1.45. The summed E-state index contributed by atoms with van der Waals surface area (Å²) in [6.45, 7) is 0. The molecule has 0 bridgehead atoms. The molecule has 6 heteroatoms. The number of imidazole rings is 1. The maximum Gasteiger partial charge on any atom is 0.115 e. The van der Waals surface area contributed by atoms with Gasteiger partial charge in [-0.25, -0.2) is 4.98 Å². The SMILES string of the molecule is ClCCc1nc2ccc(Br)cc2n1-c1ccc(Br)c(Cl)c1. The predicted molar refractivity (Wildman–Crippen MR) is 95.9 cm³/mol. The van der Waals surface area contributed by atoms with E-state index in [1.54, 1.807) is 0 Å². The summed E-state index contributed by atoms with van der Waals surface area (Å²) in [6, 6.07) is 11.9. The molecule has 0 atom stereocenters. The molecule has 0 amide bonds. The number of halogens is 4. The second kappa shape index (κ2) is 6.29. The number of rotatable bonds is 3. The minimum Gasteiger partial charge on any atom is -0.296 e. The van der Waals surface area contributed by atoms with Crippen molar-refractivity contribution < 1.29 is 0 Å². The van der Waals surface area contributed by atoms with E-state index in [-0.39, 0.29) is 0 Å². The molecule has 0 radical (unpaired) electrons. The van der Waals surface area contributed by atoms with Gasteiger partial charge in [-0.15, -0.1) is 11.6 Å². The Morgan fingerprint density at radius 1 is 1.10 bits per heavy atom. The summed E-state index contributed by atoms with van der Waals surface area (Å²) < 4.78 is 3.98. The van der Waals surface area contributed by atoms with E-state index in [4.69, 9.17) is 23.2 Å². The summed E-state index contributed by atoms with van der Waals surface area (Å²) in [4.78, 5) is 4.67. The Hall–Kier alpha value is -0.550. The lowest BCUT2D eigenvalue weighted by atomic mass is 10.2. The van der Waals surface area contributed by atoms with Crippen LogP contribution in [0, 0.1) is 0 Å². The van der Waals surface area contributed by atoms with Crippen LogP contribution < -0.4 is 0 Å². The summed E-state index contributed by atoms with van der Waals surface area (Å²) in [5, 5.41) is 0.668. The largest absolute Gasteiger partial charge is 0.296 e. The van der Waals surface area contributed by atoms with E-state index in [0.717, 1.165) is 31.5 Å². The van der Waals surface area contributed by atoms with E-state index < -0.39 is 0 Å². The standard InChI is InChI=1S/C15H10Br2Cl2N2/c16-9-1-4-13-14(7-9)21(15(20-13)5-6-18)10-2-3-11(17)12(19)8-10/h1-4,7-8H,5-6H2. The number of benzene rings is 2. The molecule has 0 saturated carbocycles. The van der Waals surface area contributed by atoms with Gasteiger partial charge in [0.05, 0.1) is 16.1 Å². The van der Waals surface area contributed by atoms with Gasteiger partial charge in [-0.1, -0.05) is 27.5 Å². The summed E-state index contributed by atoms with van der Waals surface area (Å²) in [7, 11) is 0. The second-order valence-corrected chi connectivity index (χ2v) is 7.09. The fourth-order valence-corrected chi connectivity index (χ4v) is 3.20. The first-order valence-electron chi connectivity index (χ1n) is 6.28. The third-order valence-electron chi connectivity index (χ3n) is 3.17. The van der Waals surface area contributed by atoms with E-state index in [9.17, 15) is 0 Å². The van der Waals surface area contributed by atoms with Crippen LogP contribution in [0.1, 0.15) is 5.82 Å². The molecule has 0 unspecified atom stereocenters. The van der Waals surface area contributed by atoms with Gasteiger partial charge in [-0.05, 0) is 52.3 Å². The number of aryl methyl sites for hydroxylation is 1. The van der Waals surface area contributed by atoms with Crippen molar-refractivity contribution in [1.82, 2.24) is 9.55 Å².